The Balaban J connectivity index is 2.05. The van der Waals surface area contributed by atoms with Gasteiger partial charge in [0.1, 0.15) is 0 Å². The van der Waals surface area contributed by atoms with Crippen LogP contribution in [0.15, 0.2) is 0 Å². The van der Waals surface area contributed by atoms with Gasteiger partial charge in [0.15, 0.2) is 0 Å². The molecule has 1 aliphatic carbocycles. The molecule has 1 aliphatic heterocycles. The van der Waals surface area contributed by atoms with Crippen molar-refractivity contribution in [3.8, 4) is 0 Å². The van der Waals surface area contributed by atoms with Crippen LogP contribution in [0, 0.1) is 5.92 Å². The number of piperidine rings is 1. The number of β-amino-alcohol motifs (C(OH)–C–C–N with tert-alkyl or cyclic N) is 1. The number of carbonyl (C=O) groups excluding carboxylic acids is 1. The van der Waals surface area contributed by atoms with Crippen LogP contribution in [0.2, 0.25) is 0 Å². The molecule has 2 bridgehead atoms. The molecule has 0 aromatic rings. The molecule has 1 saturated carbocycles. The highest BCUT2D eigenvalue weighted by molar-refractivity contribution is 5.82. The summed E-state index contributed by atoms with van der Waals surface area (Å²) in [6.07, 6.45) is 3.26. The number of hydrogen-bond acceptors (Lipinski definition) is 2. The molecular weight excluding hydrogens is 142 g/mol. The number of aliphatic hydroxyl groups excluding tert-OH is 1. The normalized spacial score (nSPS) is 35.4. The first kappa shape index (κ1) is 7.10. The van der Waals surface area contributed by atoms with Gasteiger partial charge in [0.2, 0.25) is 5.91 Å². The van der Waals surface area contributed by atoms with E-state index in [-0.39, 0.29) is 12.5 Å². The first-order valence-electron chi connectivity index (χ1n) is 4.24. The number of rotatable bonds is 2. The third-order valence-electron chi connectivity index (χ3n) is 2.82. The maximum absolute atomic E-state index is 11.4. The third-order valence-corrected chi connectivity index (χ3v) is 2.82. The molecule has 2 unspecified atom stereocenters. The Morgan fingerprint density at radius 1 is 1.55 bits per heavy atom. The lowest BCUT2D eigenvalue weighted by Gasteiger charge is -2.25. The lowest BCUT2D eigenvalue weighted by Crippen LogP contribution is -2.38. The van der Waals surface area contributed by atoms with Crippen LogP contribution in [0.5, 0.6) is 0 Å². The summed E-state index contributed by atoms with van der Waals surface area (Å²) in [5.74, 6) is 0.571. The molecule has 3 nitrogen and oxygen atoms in total. The highest BCUT2D eigenvalue weighted by atomic mass is 16.3. The molecule has 1 heterocycles. The Hall–Kier alpha value is -0.570. The van der Waals surface area contributed by atoms with Gasteiger partial charge in [-0.05, 0) is 19.3 Å². The largest absolute Gasteiger partial charge is 0.395 e. The number of nitrogens with zero attached hydrogens (tertiary/aromatic N) is 1. The number of likely N-dealkylation sites (tertiary alicyclic amines) is 1. The van der Waals surface area contributed by atoms with Crippen LogP contribution in [0.4, 0.5) is 0 Å². The van der Waals surface area contributed by atoms with Crippen molar-refractivity contribution in [3.63, 3.8) is 0 Å². The summed E-state index contributed by atoms with van der Waals surface area (Å²) < 4.78 is 0. The van der Waals surface area contributed by atoms with Gasteiger partial charge in [-0.25, -0.2) is 0 Å². The van der Waals surface area contributed by atoms with E-state index in [2.05, 4.69) is 0 Å². The molecule has 1 saturated heterocycles. The molecule has 0 radical (unpaired) electrons. The van der Waals surface area contributed by atoms with Gasteiger partial charge >= 0.3 is 0 Å². The second-order valence-electron chi connectivity index (χ2n) is 3.42. The summed E-state index contributed by atoms with van der Waals surface area (Å²) in [5, 5.41) is 8.68. The molecule has 2 aliphatic rings. The quantitative estimate of drug-likeness (QED) is 0.609. The fourth-order valence-electron chi connectivity index (χ4n) is 2.28. The van der Waals surface area contributed by atoms with Crippen molar-refractivity contribution < 1.29 is 9.90 Å². The maximum Gasteiger partial charge on any atom is 0.226 e. The van der Waals surface area contributed by atoms with Gasteiger partial charge in [0.25, 0.3) is 0 Å². The summed E-state index contributed by atoms with van der Waals surface area (Å²) in [6, 6.07) is 0.458. The Bertz CT molecular complexity index is 181. The molecule has 11 heavy (non-hydrogen) atoms. The van der Waals surface area contributed by atoms with Gasteiger partial charge < -0.3 is 10.0 Å². The smallest absolute Gasteiger partial charge is 0.226 e. The summed E-state index contributed by atoms with van der Waals surface area (Å²) in [6.45, 7) is 0.648. The van der Waals surface area contributed by atoms with Crippen LogP contribution < -0.4 is 0 Å². The molecule has 0 spiro atoms. The summed E-state index contributed by atoms with van der Waals surface area (Å²) in [4.78, 5) is 13.2. The van der Waals surface area contributed by atoms with Gasteiger partial charge in [0, 0.05) is 18.5 Å². The summed E-state index contributed by atoms with van der Waals surface area (Å²) >= 11 is 0. The summed E-state index contributed by atoms with van der Waals surface area (Å²) in [5.41, 5.74) is 0. The highest BCUT2D eigenvalue weighted by Gasteiger charge is 2.43. The SMILES string of the molecule is O=C1C2CCC(C2)N1CCO. The minimum absolute atomic E-state index is 0.106. The third kappa shape index (κ3) is 0.948. The average Bonchev–Trinajstić information content (AvgIpc) is 2.54. The average molecular weight is 155 g/mol. The van der Waals surface area contributed by atoms with Crippen LogP contribution in [0.3, 0.4) is 0 Å². The van der Waals surface area contributed by atoms with Crippen molar-refractivity contribution in [1.29, 1.82) is 0 Å². The lowest BCUT2D eigenvalue weighted by molar-refractivity contribution is -0.134. The Labute approximate surface area is 66.0 Å². The zero-order valence-corrected chi connectivity index (χ0v) is 6.49. The van der Waals surface area contributed by atoms with Crippen molar-refractivity contribution in [3.05, 3.63) is 0 Å². The molecule has 0 aromatic carbocycles. The van der Waals surface area contributed by atoms with Crippen LogP contribution in [-0.4, -0.2) is 35.1 Å². The minimum Gasteiger partial charge on any atom is -0.395 e. The molecule has 1 N–H and O–H groups in total. The van der Waals surface area contributed by atoms with Crippen molar-refractivity contribution in [2.45, 2.75) is 25.3 Å². The van der Waals surface area contributed by atoms with Crippen LogP contribution in [0.25, 0.3) is 0 Å². The number of aliphatic hydroxyl groups is 1. The number of hydrogen-bond donors (Lipinski definition) is 1. The van der Waals surface area contributed by atoms with Gasteiger partial charge in [0.05, 0.1) is 6.61 Å². The zero-order chi connectivity index (χ0) is 7.84. The molecule has 3 heteroatoms. The van der Waals surface area contributed by atoms with E-state index in [0.29, 0.717) is 18.5 Å². The number of amides is 1. The predicted octanol–water partition coefficient (Wildman–Crippen LogP) is -0.0104. The molecule has 62 valence electrons. The van der Waals surface area contributed by atoms with E-state index in [1.807, 2.05) is 4.90 Å². The van der Waals surface area contributed by atoms with E-state index >= 15 is 0 Å². The molecule has 2 rings (SSSR count). The summed E-state index contributed by atoms with van der Waals surface area (Å²) in [7, 11) is 0. The second-order valence-corrected chi connectivity index (χ2v) is 3.42. The Morgan fingerprint density at radius 2 is 2.36 bits per heavy atom. The molecular formula is C8H13NO2. The zero-order valence-electron chi connectivity index (χ0n) is 6.49. The monoisotopic (exact) mass is 155 g/mol. The van der Waals surface area contributed by atoms with Gasteiger partial charge in [-0.15, -0.1) is 0 Å². The number of carbonyl (C=O) groups is 1. The topological polar surface area (TPSA) is 40.5 Å². The molecule has 2 fully saturated rings. The van der Waals surface area contributed by atoms with E-state index in [0.717, 1.165) is 19.3 Å². The van der Waals surface area contributed by atoms with Crippen molar-refractivity contribution in [2.24, 2.45) is 5.92 Å². The van der Waals surface area contributed by atoms with Crippen LogP contribution in [0.1, 0.15) is 19.3 Å². The molecule has 2 atom stereocenters. The van der Waals surface area contributed by atoms with E-state index in [9.17, 15) is 4.79 Å². The number of fused-ring (bicyclic) bond motifs is 2. The fourth-order valence-corrected chi connectivity index (χ4v) is 2.28. The maximum atomic E-state index is 11.4. The van der Waals surface area contributed by atoms with Crippen molar-refractivity contribution in [1.82, 2.24) is 4.90 Å². The van der Waals surface area contributed by atoms with E-state index in [1.54, 1.807) is 0 Å². The first-order valence-corrected chi connectivity index (χ1v) is 4.24. The van der Waals surface area contributed by atoms with Gasteiger partial charge in [-0.3, -0.25) is 4.79 Å². The standard InChI is InChI=1S/C8H13NO2/c10-4-3-9-7-2-1-6(5-7)8(9)11/h6-7,10H,1-5H2. The molecule has 0 aromatic heterocycles. The van der Waals surface area contributed by atoms with Crippen LogP contribution in [-0.2, 0) is 4.79 Å². The first-order chi connectivity index (χ1) is 5.33. The molecule has 1 amide bonds. The van der Waals surface area contributed by atoms with Crippen molar-refractivity contribution >= 4 is 5.91 Å². The van der Waals surface area contributed by atoms with Gasteiger partial charge in [-0.2, -0.15) is 0 Å². The predicted molar refractivity (Wildman–Crippen MR) is 39.9 cm³/mol. The Morgan fingerprint density at radius 3 is 2.91 bits per heavy atom. The Kier molecular flexibility index (Phi) is 1.60. The van der Waals surface area contributed by atoms with E-state index < -0.39 is 0 Å². The van der Waals surface area contributed by atoms with Crippen molar-refractivity contribution in [2.75, 3.05) is 13.2 Å². The second kappa shape index (κ2) is 2.48. The minimum atomic E-state index is 0.106. The fraction of sp³-hybridized carbons (Fsp3) is 0.875. The van der Waals surface area contributed by atoms with E-state index in [1.165, 1.54) is 0 Å². The lowest BCUT2D eigenvalue weighted by atomic mass is 10.1. The van der Waals surface area contributed by atoms with E-state index in [4.69, 9.17) is 5.11 Å². The van der Waals surface area contributed by atoms with Gasteiger partial charge in [-0.1, -0.05) is 0 Å². The highest BCUT2D eigenvalue weighted by Crippen LogP contribution is 2.37. The van der Waals surface area contributed by atoms with Crippen LogP contribution >= 0.6 is 0 Å².